The van der Waals surface area contributed by atoms with Crippen molar-refractivity contribution in [1.29, 1.82) is 0 Å². The normalized spacial score (nSPS) is 14.5. The van der Waals surface area contributed by atoms with E-state index >= 15 is 0 Å². The van der Waals surface area contributed by atoms with Crippen molar-refractivity contribution in [1.82, 2.24) is 10.3 Å². The first-order chi connectivity index (χ1) is 16.3. The van der Waals surface area contributed by atoms with Crippen LogP contribution < -0.4 is 11.2 Å². The van der Waals surface area contributed by atoms with E-state index in [4.69, 9.17) is 10.8 Å². The van der Waals surface area contributed by atoms with Crippen LogP contribution in [0.15, 0.2) is 95.6 Å². The van der Waals surface area contributed by atoms with Gasteiger partial charge in [-0.25, -0.2) is 10.8 Å². The van der Waals surface area contributed by atoms with Gasteiger partial charge in [-0.2, -0.15) is 4.58 Å². The zero-order chi connectivity index (χ0) is 25.5. The second-order valence-electron chi connectivity index (χ2n) is 8.35. The second-order valence-corrected chi connectivity index (χ2v) is 8.35. The Morgan fingerprint density at radius 2 is 1.85 bits per heavy atom. The molecule has 1 aromatic carbocycles. The van der Waals surface area contributed by atoms with Crippen molar-refractivity contribution in [2.45, 2.75) is 67.5 Å². The Hall–Kier alpha value is -3.18. The summed E-state index contributed by atoms with van der Waals surface area (Å²) in [5, 5.41) is 5.25. The van der Waals surface area contributed by atoms with Gasteiger partial charge in [0.2, 0.25) is 5.71 Å². The number of nitrogens with two attached hydrogens (primary N) is 1. The molecule has 0 fully saturated rings. The molecule has 0 bridgehead atoms. The van der Waals surface area contributed by atoms with Crippen LogP contribution >= 0.6 is 0 Å². The fourth-order valence-corrected chi connectivity index (χ4v) is 3.50. The van der Waals surface area contributed by atoms with Gasteiger partial charge in [0.25, 0.3) is 0 Å². The second kappa shape index (κ2) is 15.6. The Labute approximate surface area is 207 Å². The molecule has 0 radical (unpaired) electrons. The van der Waals surface area contributed by atoms with Crippen LogP contribution in [0.5, 0.6) is 0 Å². The van der Waals surface area contributed by atoms with Gasteiger partial charge < -0.3 is 5.32 Å². The van der Waals surface area contributed by atoms with Crippen molar-refractivity contribution < 1.29 is 4.58 Å². The molecule has 0 aliphatic carbocycles. The summed E-state index contributed by atoms with van der Waals surface area (Å²) in [6.45, 7) is 19.8. The average molecular weight is 463 g/mol. The fourth-order valence-electron chi connectivity index (χ4n) is 3.50. The average Bonchev–Trinajstić information content (AvgIpc) is 2.82. The number of allylic oxidation sites excluding steroid dienone is 5. The SMILES string of the molecule is C=C/C(=C\C=C/C)C[N+](/C=C\C)=C(CC)C(C)=N/C(C)=C(\NCc1ccccc1)N(N)C(C)C. The largest absolute Gasteiger partial charge is 0.365 e. The highest BCUT2D eigenvalue weighted by molar-refractivity contribution is 6.39. The van der Waals surface area contributed by atoms with Gasteiger partial charge in [0, 0.05) is 24.6 Å². The predicted octanol–water partition coefficient (Wildman–Crippen LogP) is 6.10. The molecule has 0 saturated heterocycles. The molecule has 0 spiro atoms. The van der Waals surface area contributed by atoms with Crippen LogP contribution in [0.2, 0.25) is 0 Å². The first-order valence-corrected chi connectivity index (χ1v) is 12.1. The Kier molecular flexibility index (Phi) is 13.3. The molecule has 5 nitrogen and oxygen atoms in total. The number of hydrogen-bond acceptors (Lipinski definition) is 4. The molecule has 0 aromatic heterocycles. The number of nitrogens with zero attached hydrogens (tertiary/aromatic N) is 3. The molecule has 3 N–H and O–H groups in total. The Morgan fingerprint density at radius 3 is 2.38 bits per heavy atom. The van der Waals surface area contributed by atoms with Crippen LogP contribution in [0.3, 0.4) is 0 Å². The summed E-state index contributed by atoms with van der Waals surface area (Å²) in [6, 6.07) is 10.4. The molecule has 0 heterocycles. The summed E-state index contributed by atoms with van der Waals surface area (Å²) in [4.78, 5) is 5.00. The predicted molar refractivity (Wildman–Crippen MR) is 149 cm³/mol. The summed E-state index contributed by atoms with van der Waals surface area (Å²) in [7, 11) is 0. The van der Waals surface area contributed by atoms with Crippen molar-refractivity contribution in [3.8, 4) is 0 Å². The van der Waals surface area contributed by atoms with E-state index in [9.17, 15) is 0 Å². The van der Waals surface area contributed by atoms with E-state index < -0.39 is 0 Å². The number of nitrogens with one attached hydrogen (secondary N) is 1. The van der Waals surface area contributed by atoms with Gasteiger partial charge >= 0.3 is 0 Å². The summed E-state index contributed by atoms with van der Waals surface area (Å²) < 4.78 is 2.24. The van der Waals surface area contributed by atoms with E-state index in [1.807, 2.05) is 57.2 Å². The summed E-state index contributed by atoms with van der Waals surface area (Å²) >= 11 is 0. The van der Waals surface area contributed by atoms with E-state index in [0.29, 0.717) is 6.54 Å². The third-order valence-corrected chi connectivity index (χ3v) is 5.34. The van der Waals surface area contributed by atoms with E-state index in [0.717, 1.165) is 41.5 Å². The van der Waals surface area contributed by atoms with Crippen LogP contribution in [-0.2, 0) is 6.54 Å². The molecule has 0 saturated carbocycles. The quantitative estimate of drug-likeness (QED) is 0.122. The minimum absolute atomic E-state index is 0.129. The summed E-state index contributed by atoms with van der Waals surface area (Å²) in [5.74, 6) is 7.26. The molecule has 0 aliphatic rings. The zero-order valence-electron chi connectivity index (χ0n) is 22.2. The number of benzene rings is 1. The zero-order valence-corrected chi connectivity index (χ0v) is 22.2. The Balaban J connectivity index is 3.44. The van der Waals surface area contributed by atoms with Gasteiger partial charge in [-0.05, 0) is 53.2 Å². The maximum atomic E-state index is 6.44. The molecule has 34 heavy (non-hydrogen) atoms. The molecule has 1 rings (SSSR count). The molecule has 184 valence electrons. The van der Waals surface area contributed by atoms with E-state index in [1.54, 1.807) is 5.01 Å². The lowest BCUT2D eigenvalue weighted by Gasteiger charge is -2.28. The van der Waals surface area contributed by atoms with E-state index in [1.165, 1.54) is 5.56 Å². The molecule has 5 heteroatoms. The number of aliphatic imine (C=N–C) groups is 1. The minimum Gasteiger partial charge on any atom is -0.365 e. The van der Waals surface area contributed by atoms with Gasteiger partial charge in [0.15, 0.2) is 12.7 Å². The molecule has 0 atom stereocenters. The highest BCUT2D eigenvalue weighted by Crippen LogP contribution is 2.12. The van der Waals surface area contributed by atoms with Crippen molar-refractivity contribution in [3.05, 3.63) is 96.1 Å². The highest BCUT2D eigenvalue weighted by Gasteiger charge is 2.18. The lowest BCUT2D eigenvalue weighted by atomic mass is 10.1. The number of hydrazine groups is 1. The van der Waals surface area contributed by atoms with Gasteiger partial charge in [-0.15, -0.1) is 0 Å². The third kappa shape index (κ3) is 9.36. The Bertz CT molecular complexity index is 959. The highest BCUT2D eigenvalue weighted by atomic mass is 15.5. The van der Waals surface area contributed by atoms with Crippen LogP contribution in [0.1, 0.15) is 60.5 Å². The monoisotopic (exact) mass is 462 g/mol. The minimum atomic E-state index is 0.129. The van der Waals surface area contributed by atoms with Crippen LogP contribution in [0.4, 0.5) is 0 Å². The Morgan fingerprint density at radius 1 is 1.18 bits per heavy atom. The molecule has 0 unspecified atom stereocenters. The first kappa shape index (κ1) is 28.9. The first-order valence-electron chi connectivity index (χ1n) is 12.1. The van der Waals surface area contributed by atoms with E-state index in [-0.39, 0.29) is 6.04 Å². The lowest BCUT2D eigenvalue weighted by molar-refractivity contribution is -0.446. The fraction of sp³-hybridized carbons (Fsp3) is 0.379. The maximum absolute atomic E-state index is 6.44. The number of hydrogen-bond donors (Lipinski definition) is 2. The topological polar surface area (TPSA) is 56.7 Å². The molecule has 1 aromatic rings. The van der Waals surface area contributed by atoms with Crippen LogP contribution in [0, 0.1) is 0 Å². The van der Waals surface area contributed by atoms with Gasteiger partial charge in [0.1, 0.15) is 11.5 Å². The van der Waals surface area contributed by atoms with Gasteiger partial charge in [-0.3, -0.25) is 5.01 Å². The standard InChI is InChI=1S/C29H43N5/c1-9-13-17-26(11-3)22-33(20-10-2)28(12-4)24(7)32-25(8)29(34(30)23(5)6)31-21-27-18-15-14-16-19-27/h9-11,13-20,23H,3,12,21-22,30H2,1-2,4-8H3/p+1/b13-9-,20-10-,26-17+. The smallest absolute Gasteiger partial charge is 0.202 e. The van der Waals surface area contributed by atoms with Crippen LogP contribution in [0.25, 0.3) is 0 Å². The van der Waals surface area contributed by atoms with Crippen molar-refractivity contribution in [2.75, 3.05) is 6.54 Å². The number of rotatable bonds is 13. The van der Waals surface area contributed by atoms with Gasteiger partial charge in [0.05, 0.1) is 5.70 Å². The third-order valence-electron chi connectivity index (χ3n) is 5.34. The van der Waals surface area contributed by atoms with E-state index in [2.05, 4.69) is 74.7 Å². The molecule has 0 amide bonds. The van der Waals surface area contributed by atoms with Crippen molar-refractivity contribution in [3.63, 3.8) is 0 Å². The lowest BCUT2D eigenvalue weighted by Crippen LogP contribution is -2.42. The molecular weight excluding hydrogens is 418 g/mol. The van der Waals surface area contributed by atoms with Crippen molar-refractivity contribution >= 4 is 11.4 Å². The van der Waals surface area contributed by atoms with Gasteiger partial charge in [-0.1, -0.05) is 68.1 Å². The van der Waals surface area contributed by atoms with Crippen LogP contribution in [-0.4, -0.2) is 33.6 Å². The van der Waals surface area contributed by atoms with Crippen molar-refractivity contribution in [2.24, 2.45) is 10.8 Å². The summed E-state index contributed by atoms with van der Waals surface area (Å²) in [6.07, 6.45) is 13.1. The molecular formula is C29H44N5+. The summed E-state index contributed by atoms with van der Waals surface area (Å²) in [5.41, 5.74) is 5.30. The molecule has 0 aliphatic heterocycles. The maximum Gasteiger partial charge on any atom is 0.202 e.